The van der Waals surface area contributed by atoms with Crippen LogP contribution in [-0.4, -0.2) is 35.0 Å². The van der Waals surface area contributed by atoms with Crippen molar-refractivity contribution >= 4 is 39.5 Å². The number of amides is 2. The molecule has 1 aromatic heterocycles. The Morgan fingerprint density at radius 1 is 1.30 bits per heavy atom. The second kappa shape index (κ2) is 9.64. The van der Waals surface area contributed by atoms with Crippen molar-refractivity contribution in [1.82, 2.24) is 10.6 Å². The van der Waals surface area contributed by atoms with Gasteiger partial charge in [0, 0.05) is 25.3 Å². The van der Waals surface area contributed by atoms with E-state index in [1.807, 2.05) is 0 Å². The summed E-state index contributed by atoms with van der Waals surface area (Å²) in [6, 6.07) is 8.57. The van der Waals surface area contributed by atoms with E-state index in [9.17, 15) is 19.7 Å². The largest absolute Gasteiger partial charge is 0.444 e. The van der Waals surface area contributed by atoms with Crippen molar-refractivity contribution in [2.75, 3.05) is 13.2 Å². The highest BCUT2D eigenvalue weighted by molar-refractivity contribution is 9.10. The second-order valence-electron chi connectivity index (χ2n) is 5.30. The van der Waals surface area contributed by atoms with E-state index < -0.39 is 16.7 Å². The lowest BCUT2D eigenvalue weighted by molar-refractivity contribution is -0.384. The number of furan rings is 1. The highest BCUT2D eigenvalue weighted by atomic mass is 79.9. The number of rotatable bonds is 8. The third-order valence-corrected chi connectivity index (χ3v) is 3.73. The quantitative estimate of drug-likeness (QED) is 0.250. The number of hydrogen-bond acceptors (Lipinski definition) is 6. The van der Waals surface area contributed by atoms with Crippen LogP contribution in [0, 0.1) is 10.1 Å². The first-order chi connectivity index (χ1) is 12.9. The van der Waals surface area contributed by atoms with Gasteiger partial charge in [0.15, 0.2) is 10.4 Å². The summed E-state index contributed by atoms with van der Waals surface area (Å²) in [4.78, 5) is 35.0. The number of carbonyl (C=O) groups excluding carboxylic acids is 2. The maximum atomic E-state index is 12.4. The minimum Gasteiger partial charge on any atom is -0.444 e. The fourth-order valence-electron chi connectivity index (χ4n) is 2.05. The van der Waals surface area contributed by atoms with Crippen molar-refractivity contribution in [3.8, 4) is 0 Å². The summed E-state index contributed by atoms with van der Waals surface area (Å²) < 4.78 is 5.50. The van der Waals surface area contributed by atoms with Gasteiger partial charge in [-0.05, 0) is 46.1 Å². The number of aliphatic hydroxyl groups excluding tert-OH is 1. The van der Waals surface area contributed by atoms with Crippen LogP contribution in [0.4, 0.5) is 5.69 Å². The Bertz CT molecular complexity index is 877. The van der Waals surface area contributed by atoms with Gasteiger partial charge in [0.2, 0.25) is 0 Å². The Morgan fingerprint density at radius 3 is 2.70 bits per heavy atom. The monoisotopic (exact) mass is 437 g/mol. The zero-order chi connectivity index (χ0) is 19.8. The number of carbonyl (C=O) groups is 2. The molecule has 0 aliphatic rings. The topological polar surface area (TPSA) is 135 Å². The summed E-state index contributed by atoms with van der Waals surface area (Å²) >= 11 is 3.08. The first-order valence-electron chi connectivity index (χ1n) is 7.82. The standard InChI is InChI=1S/C17H16BrN3O6/c18-15-6-5-14(27-15)17(24)20-13(16(23)19-7-2-8-22)10-11-3-1-4-12(9-11)21(25)26/h1,3-6,9-10,22H,2,7-8H2,(H,19,23)(H,20,24). The van der Waals surface area contributed by atoms with Crippen LogP contribution < -0.4 is 10.6 Å². The molecule has 1 aromatic carbocycles. The number of nitrogens with one attached hydrogen (secondary N) is 2. The Kier molecular flexibility index (Phi) is 7.26. The fourth-order valence-corrected chi connectivity index (χ4v) is 2.36. The normalized spacial score (nSPS) is 11.1. The molecular weight excluding hydrogens is 422 g/mol. The van der Waals surface area contributed by atoms with Gasteiger partial charge in [0.1, 0.15) is 5.70 Å². The van der Waals surface area contributed by atoms with Crippen molar-refractivity contribution in [2.45, 2.75) is 6.42 Å². The van der Waals surface area contributed by atoms with Crippen LogP contribution in [0.5, 0.6) is 0 Å². The third-order valence-electron chi connectivity index (χ3n) is 3.30. The number of nitrogens with zero attached hydrogens (tertiary/aromatic N) is 1. The number of nitro groups is 1. The molecule has 9 nitrogen and oxygen atoms in total. The molecule has 0 aliphatic heterocycles. The SMILES string of the molecule is O=C(NCCCO)C(=Cc1cccc([N+](=O)[O-])c1)NC(=O)c1ccc(Br)o1. The van der Waals surface area contributed by atoms with E-state index in [1.54, 1.807) is 6.07 Å². The molecule has 2 amide bonds. The van der Waals surface area contributed by atoms with Gasteiger partial charge in [-0.15, -0.1) is 0 Å². The van der Waals surface area contributed by atoms with Crippen molar-refractivity contribution in [1.29, 1.82) is 0 Å². The Morgan fingerprint density at radius 2 is 2.07 bits per heavy atom. The van der Waals surface area contributed by atoms with Gasteiger partial charge in [0.25, 0.3) is 17.5 Å². The molecule has 0 saturated carbocycles. The Balaban J connectivity index is 2.28. The lowest BCUT2D eigenvalue weighted by atomic mass is 10.1. The van der Waals surface area contributed by atoms with Crippen molar-refractivity contribution in [3.05, 3.63) is 68.2 Å². The lowest BCUT2D eigenvalue weighted by Crippen LogP contribution is -2.35. The van der Waals surface area contributed by atoms with Crippen molar-refractivity contribution in [2.24, 2.45) is 0 Å². The van der Waals surface area contributed by atoms with Crippen molar-refractivity contribution < 1.29 is 24.0 Å². The van der Waals surface area contributed by atoms with Crippen LogP contribution in [0.15, 0.2) is 51.2 Å². The third kappa shape index (κ3) is 6.04. The van der Waals surface area contributed by atoms with Gasteiger partial charge in [-0.1, -0.05) is 12.1 Å². The number of benzene rings is 1. The molecule has 2 rings (SSSR count). The fraction of sp³-hybridized carbons (Fsp3) is 0.176. The molecule has 0 atom stereocenters. The van der Waals surface area contributed by atoms with Crippen molar-refractivity contribution in [3.63, 3.8) is 0 Å². The van der Waals surface area contributed by atoms with E-state index in [-0.39, 0.29) is 30.3 Å². The molecule has 3 N–H and O–H groups in total. The minimum atomic E-state index is -0.658. The zero-order valence-electron chi connectivity index (χ0n) is 14.0. The molecule has 1 heterocycles. The van der Waals surface area contributed by atoms with E-state index in [0.29, 0.717) is 16.7 Å². The first kappa shape index (κ1) is 20.3. The molecule has 0 saturated heterocycles. The summed E-state index contributed by atoms with van der Waals surface area (Å²) in [5.74, 6) is -1.28. The molecule has 27 heavy (non-hydrogen) atoms. The van der Waals surface area contributed by atoms with E-state index in [2.05, 4.69) is 26.6 Å². The van der Waals surface area contributed by atoms with Crippen LogP contribution in [0.1, 0.15) is 22.5 Å². The average molecular weight is 438 g/mol. The molecule has 0 radical (unpaired) electrons. The molecule has 0 bridgehead atoms. The van der Waals surface area contributed by atoms with Gasteiger partial charge >= 0.3 is 0 Å². The molecule has 0 fully saturated rings. The summed E-state index contributed by atoms with van der Waals surface area (Å²) in [7, 11) is 0. The predicted octanol–water partition coefficient (Wildman–Crippen LogP) is 2.22. The van der Waals surface area contributed by atoms with E-state index in [4.69, 9.17) is 9.52 Å². The van der Waals surface area contributed by atoms with Crippen LogP contribution in [0.3, 0.4) is 0 Å². The molecular formula is C17H16BrN3O6. The second-order valence-corrected chi connectivity index (χ2v) is 6.08. The predicted molar refractivity (Wildman–Crippen MR) is 99.7 cm³/mol. The average Bonchev–Trinajstić information content (AvgIpc) is 3.08. The Labute approximate surface area is 162 Å². The van der Waals surface area contributed by atoms with Crippen LogP contribution >= 0.6 is 15.9 Å². The molecule has 0 spiro atoms. The summed E-state index contributed by atoms with van der Waals surface area (Å²) in [5, 5.41) is 24.7. The van der Waals surface area contributed by atoms with Gasteiger partial charge in [-0.25, -0.2) is 0 Å². The van der Waals surface area contributed by atoms with Crippen LogP contribution in [0.25, 0.3) is 6.08 Å². The molecule has 10 heteroatoms. The summed E-state index contributed by atoms with van der Waals surface area (Å²) in [5.41, 5.74) is 0.0912. The van der Waals surface area contributed by atoms with Gasteiger partial charge in [0.05, 0.1) is 4.92 Å². The number of hydrogen-bond donors (Lipinski definition) is 3. The number of non-ortho nitro benzene ring substituents is 1. The van der Waals surface area contributed by atoms with Crippen LogP contribution in [-0.2, 0) is 4.79 Å². The van der Waals surface area contributed by atoms with E-state index >= 15 is 0 Å². The molecule has 0 aliphatic carbocycles. The maximum absolute atomic E-state index is 12.4. The number of nitro benzene ring substituents is 1. The van der Waals surface area contributed by atoms with Gasteiger partial charge < -0.3 is 20.2 Å². The van der Waals surface area contributed by atoms with Gasteiger partial charge in [-0.2, -0.15) is 0 Å². The number of aliphatic hydroxyl groups is 1. The summed E-state index contributed by atoms with van der Waals surface area (Å²) in [6.07, 6.45) is 1.66. The van der Waals surface area contributed by atoms with E-state index in [0.717, 1.165) is 0 Å². The number of halogens is 1. The molecule has 142 valence electrons. The maximum Gasteiger partial charge on any atom is 0.291 e. The highest BCUT2D eigenvalue weighted by Gasteiger charge is 2.17. The van der Waals surface area contributed by atoms with E-state index in [1.165, 1.54) is 36.4 Å². The zero-order valence-corrected chi connectivity index (χ0v) is 15.6. The molecule has 0 unspecified atom stereocenters. The van der Waals surface area contributed by atoms with Gasteiger partial charge in [-0.3, -0.25) is 19.7 Å². The molecule has 2 aromatic rings. The lowest BCUT2D eigenvalue weighted by Gasteiger charge is -2.10. The summed E-state index contributed by atoms with van der Waals surface area (Å²) in [6.45, 7) is 0.0980. The Hall–Kier alpha value is -2.98. The highest BCUT2D eigenvalue weighted by Crippen LogP contribution is 2.17. The first-order valence-corrected chi connectivity index (χ1v) is 8.62. The smallest absolute Gasteiger partial charge is 0.291 e. The minimum absolute atomic E-state index is 0.0185. The van der Waals surface area contributed by atoms with Crippen LogP contribution in [0.2, 0.25) is 0 Å².